The van der Waals surface area contributed by atoms with E-state index in [2.05, 4.69) is 0 Å². The molecule has 1 aromatic heterocycles. The highest BCUT2D eigenvalue weighted by molar-refractivity contribution is 6.08. The topological polar surface area (TPSA) is 69.0 Å². The largest absolute Gasteiger partial charge is 0.497 e. The van der Waals surface area contributed by atoms with Crippen molar-refractivity contribution in [3.63, 3.8) is 0 Å². The number of hydrogen-bond donors (Lipinski definition) is 0. The second-order valence-electron chi connectivity index (χ2n) is 4.83. The van der Waals surface area contributed by atoms with Gasteiger partial charge in [0.05, 0.1) is 20.0 Å². The molecule has 1 amide bonds. The predicted molar refractivity (Wildman–Crippen MR) is 77.9 cm³/mol. The molecule has 6 heteroatoms. The number of anilines is 1. The molecule has 22 heavy (non-hydrogen) atoms. The number of cyclic esters (lactones) is 1. The van der Waals surface area contributed by atoms with Gasteiger partial charge < -0.3 is 13.9 Å². The summed E-state index contributed by atoms with van der Waals surface area (Å²) in [5.41, 5.74) is 0.560. The summed E-state index contributed by atoms with van der Waals surface area (Å²) in [4.78, 5) is 26.1. The maximum Gasteiger partial charge on any atom is 0.329 e. The Bertz CT molecular complexity index is 680. The molecule has 1 atom stereocenters. The third-order valence-corrected chi connectivity index (χ3v) is 3.50. The molecule has 0 radical (unpaired) electrons. The highest BCUT2D eigenvalue weighted by Crippen LogP contribution is 2.28. The van der Waals surface area contributed by atoms with E-state index >= 15 is 0 Å². The van der Waals surface area contributed by atoms with Crippen LogP contribution in [0, 0.1) is 0 Å². The number of methoxy groups -OCH3 is 1. The van der Waals surface area contributed by atoms with Crippen LogP contribution in [0.25, 0.3) is 0 Å². The van der Waals surface area contributed by atoms with E-state index in [0.717, 1.165) is 0 Å². The summed E-state index contributed by atoms with van der Waals surface area (Å²) in [7, 11) is 1.54. The van der Waals surface area contributed by atoms with Crippen LogP contribution in [0.1, 0.15) is 17.0 Å². The van der Waals surface area contributed by atoms with Crippen molar-refractivity contribution < 1.29 is 23.5 Å². The summed E-state index contributed by atoms with van der Waals surface area (Å²) in [6.45, 7) is 0.301. The molecule has 1 aromatic carbocycles. The van der Waals surface area contributed by atoms with Crippen molar-refractivity contribution in [2.75, 3.05) is 18.6 Å². The predicted octanol–water partition coefficient (Wildman–Crippen LogP) is 2.25. The van der Waals surface area contributed by atoms with E-state index < -0.39 is 12.0 Å². The van der Waals surface area contributed by atoms with Crippen LogP contribution in [0.4, 0.5) is 5.69 Å². The van der Waals surface area contributed by atoms with Gasteiger partial charge in [0.25, 0.3) is 5.91 Å². The van der Waals surface area contributed by atoms with Gasteiger partial charge in [-0.1, -0.05) is 6.07 Å². The molecule has 2 heterocycles. The summed E-state index contributed by atoms with van der Waals surface area (Å²) in [6, 6.07) is 9.51. The van der Waals surface area contributed by atoms with Crippen LogP contribution < -0.4 is 9.64 Å². The zero-order valence-electron chi connectivity index (χ0n) is 12.0. The van der Waals surface area contributed by atoms with Crippen LogP contribution >= 0.6 is 0 Å². The molecule has 1 aliphatic heterocycles. The van der Waals surface area contributed by atoms with Crippen molar-refractivity contribution in [2.24, 2.45) is 0 Å². The average Bonchev–Trinajstić information content (AvgIpc) is 3.20. The summed E-state index contributed by atoms with van der Waals surface area (Å²) in [5.74, 6) is -0.0338. The molecule has 1 aliphatic rings. The van der Waals surface area contributed by atoms with Crippen LogP contribution in [-0.4, -0.2) is 31.6 Å². The lowest BCUT2D eigenvalue weighted by atomic mass is 10.1. The average molecular weight is 301 g/mol. The first kappa shape index (κ1) is 14.2. The molecule has 2 aromatic rings. The molecule has 114 valence electrons. The summed E-state index contributed by atoms with van der Waals surface area (Å²) in [5, 5.41) is 0. The monoisotopic (exact) mass is 301 g/mol. The first-order chi connectivity index (χ1) is 10.7. The van der Waals surface area contributed by atoms with E-state index in [1.54, 1.807) is 43.5 Å². The molecule has 1 fully saturated rings. The number of ether oxygens (including phenoxy) is 2. The Morgan fingerprint density at radius 3 is 2.82 bits per heavy atom. The first-order valence-electron chi connectivity index (χ1n) is 6.88. The molecule has 6 nitrogen and oxygen atoms in total. The Morgan fingerprint density at radius 1 is 1.32 bits per heavy atom. The number of carbonyl (C=O) groups excluding carboxylic acids is 2. The fraction of sp³-hybridized carbons (Fsp3) is 0.250. The van der Waals surface area contributed by atoms with Crippen LogP contribution in [0.15, 0.2) is 47.1 Å². The van der Waals surface area contributed by atoms with Crippen molar-refractivity contribution in [1.29, 1.82) is 0 Å². The van der Waals surface area contributed by atoms with Gasteiger partial charge in [-0.3, -0.25) is 9.69 Å². The van der Waals surface area contributed by atoms with Crippen molar-refractivity contribution >= 4 is 17.6 Å². The lowest BCUT2D eigenvalue weighted by molar-refractivity contribution is -0.139. The zero-order valence-corrected chi connectivity index (χ0v) is 12.0. The van der Waals surface area contributed by atoms with E-state index in [-0.39, 0.29) is 11.7 Å². The Kier molecular flexibility index (Phi) is 3.82. The lowest BCUT2D eigenvalue weighted by Gasteiger charge is -2.26. The Hall–Kier alpha value is -2.76. The number of hydrogen-bond acceptors (Lipinski definition) is 5. The smallest absolute Gasteiger partial charge is 0.329 e. The summed E-state index contributed by atoms with van der Waals surface area (Å²) >= 11 is 0. The molecule has 0 bridgehead atoms. The fourth-order valence-corrected chi connectivity index (χ4v) is 2.44. The van der Waals surface area contributed by atoms with Crippen LogP contribution in [0.2, 0.25) is 0 Å². The van der Waals surface area contributed by atoms with Gasteiger partial charge in [-0.2, -0.15) is 0 Å². The van der Waals surface area contributed by atoms with Gasteiger partial charge in [0.15, 0.2) is 5.76 Å². The molecule has 1 unspecified atom stereocenters. The SMILES string of the molecule is COc1cccc(N(C(=O)c2ccco2)C2CCOC2=O)c1. The minimum atomic E-state index is -0.662. The highest BCUT2D eigenvalue weighted by Gasteiger charge is 2.37. The number of rotatable bonds is 4. The number of furan rings is 1. The number of benzene rings is 1. The molecule has 3 rings (SSSR count). The zero-order chi connectivity index (χ0) is 15.5. The third kappa shape index (κ3) is 2.55. The van der Waals surface area contributed by atoms with Crippen LogP contribution in [-0.2, 0) is 9.53 Å². The number of amides is 1. The third-order valence-electron chi connectivity index (χ3n) is 3.50. The normalized spacial score (nSPS) is 17.1. The molecular weight excluding hydrogens is 286 g/mol. The Balaban J connectivity index is 2.02. The maximum atomic E-state index is 12.7. The second-order valence-corrected chi connectivity index (χ2v) is 4.83. The van der Waals surface area contributed by atoms with E-state index in [9.17, 15) is 9.59 Å². The van der Waals surface area contributed by atoms with Gasteiger partial charge in [0, 0.05) is 18.2 Å². The van der Waals surface area contributed by atoms with Gasteiger partial charge in [-0.15, -0.1) is 0 Å². The van der Waals surface area contributed by atoms with E-state index in [1.807, 2.05) is 0 Å². The van der Waals surface area contributed by atoms with Crippen molar-refractivity contribution in [3.05, 3.63) is 48.4 Å². The summed E-state index contributed by atoms with van der Waals surface area (Å²) in [6.07, 6.45) is 1.87. The van der Waals surface area contributed by atoms with Crippen LogP contribution in [0.3, 0.4) is 0 Å². The molecule has 0 saturated carbocycles. The summed E-state index contributed by atoms with van der Waals surface area (Å²) < 4.78 is 15.4. The minimum absolute atomic E-state index is 0.169. The highest BCUT2D eigenvalue weighted by atomic mass is 16.5. The molecular formula is C16H15NO5. The van der Waals surface area contributed by atoms with Gasteiger partial charge in [-0.05, 0) is 24.3 Å². The Morgan fingerprint density at radius 2 is 2.18 bits per heavy atom. The Labute approximate surface area is 127 Å². The molecule has 0 aliphatic carbocycles. The van der Waals surface area contributed by atoms with Crippen molar-refractivity contribution in [3.8, 4) is 5.75 Å². The van der Waals surface area contributed by atoms with Crippen molar-refractivity contribution in [2.45, 2.75) is 12.5 Å². The lowest BCUT2D eigenvalue weighted by Crippen LogP contribution is -2.43. The number of carbonyl (C=O) groups is 2. The standard InChI is InChI=1S/C16H15NO5/c1-20-12-5-2-4-11(10-12)17(13-7-9-22-16(13)19)15(18)14-6-3-8-21-14/h2-6,8,10,13H,7,9H2,1H3. The van der Waals surface area contributed by atoms with Gasteiger partial charge in [0.2, 0.25) is 0 Å². The van der Waals surface area contributed by atoms with Crippen LogP contribution in [0.5, 0.6) is 5.75 Å². The van der Waals surface area contributed by atoms with Gasteiger partial charge in [0.1, 0.15) is 11.8 Å². The molecule has 0 spiro atoms. The minimum Gasteiger partial charge on any atom is -0.497 e. The maximum absolute atomic E-state index is 12.7. The van der Waals surface area contributed by atoms with Gasteiger partial charge in [-0.25, -0.2) is 4.79 Å². The second kappa shape index (κ2) is 5.93. The number of nitrogens with zero attached hydrogens (tertiary/aromatic N) is 1. The van der Waals surface area contributed by atoms with Crippen molar-refractivity contribution in [1.82, 2.24) is 0 Å². The molecule has 1 saturated heterocycles. The van der Waals surface area contributed by atoms with E-state index in [1.165, 1.54) is 11.2 Å². The van der Waals surface area contributed by atoms with E-state index in [4.69, 9.17) is 13.9 Å². The first-order valence-corrected chi connectivity index (χ1v) is 6.88. The number of esters is 1. The van der Waals surface area contributed by atoms with E-state index in [0.29, 0.717) is 24.5 Å². The van der Waals surface area contributed by atoms with Gasteiger partial charge >= 0.3 is 5.97 Å². The molecule has 0 N–H and O–H groups in total. The quantitative estimate of drug-likeness (QED) is 0.810. The fourth-order valence-electron chi connectivity index (χ4n) is 2.44.